The fourth-order valence-electron chi connectivity index (χ4n) is 4.74. The molecule has 0 unspecified atom stereocenters. The Morgan fingerprint density at radius 3 is 2.46 bits per heavy atom. The molecule has 1 aromatic carbocycles. The summed E-state index contributed by atoms with van der Waals surface area (Å²) >= 11 is 5.58. The van der Waals surface area contributed by atoms with Crippen LogP contribution in [-0.2, 0) is 11.0 Å². The van der Waals surface area contributed by atoms with Gasteiger partial charge in [0.1, 0.15) is 25.3 Å². The van der Waals surface area contributed by atoms with E-state index in [1.165, 1.54) is 38.0 Å². The Labute approximate surface area is 204 Å². The molecule has 0 radical (unpaired) electrons. The number of rotatable bonds is 3. The Kier molecular flexibility index (Phi) is 5.87. The second-order valence-electron chi connectivity index (χ2n) is 8.39. The van der Waals surface area contributed by atoms with Gasteiger partial charge in [-0.1, -0.05) is 0 Å². The van der Waals surface area contributed by atoms with Gasteiger partial charge in [0.05, 0.1) is 16.8 Å². The summed E-state index contributed by atoms with van der Waals surface area (Å²) in [4.78, 5) is 31.8. The van der Waals surface area contributed by atoms with Crippen LogP contribution in [0.2, 0.25) is 0 Å². The molecule has 2 heterocycles. The van der Waals surface area contributed by atoms with Crippen LogP contribution >= 0.6 is 12.2 Å². The Bertz CT molecular complexity index is 1340. The zero-order valence-electron chi connectivity index (χ0n) is 18.9. The van der Waals surface area contributed by atoms with E-state index in [1.807, 2.05) is 0 Å². The van der Waals surface area contributed by atoms with Gasteiger partial charge in [0.25, 0.3) is 11.8 Å². The van der Waals surface area contributed by atoms with Crippen LogP contribution in [0.25, 0.3) is 0 Å². The van der Waals surface area contributed by atoms with Crippen molar-refractivity contribution in [3.63, 3.8) is 0 Å². The standard InChI is InChI=1S/C21H17B2F4N5O2S/c1-29-17(33)10-4-3-9(7-11(10)24)32-19(35)31(18(34)20(32)5-2-6-20)15-14(22)13(21(25,26)27)12(8-28)30-16(15)23/h3-4,7H,2,5-6,22-23H2,1H3,(H,29,33). The lowest BCUT2D eigenvalue weighted by molar-refractivity contribution is -0.137. The Morgan fingerprint density at radius 1 is 1.31 bits per heavy atom. The number of anilines is 2. The molecule has 4 rings (SSSR count). The highest BCUT2D eigenvalue weighted by Crippen LogP contribution is 2.47. The number of hydrogen-bond acceptors (Lipinski definition) is 5. The van der Waals surface area contributed by atoms with Crippen molar-refractivity contribution in [2.24, 2.45) is 0 Å². The first-order chi connectivity index (χ1) is 16.4. The summed E-state index contributed by atoms with van der Waals surface area (Å²) in [5, 5.41) is 11.4. The predicted molar refractivity (Wildman–Crippen MR) is 129 cm³/mol. The average Bonchev–Trinajstić information content (AvgIpc) is 2.99. The lowest BCUT2D eigenvalue weighted by atomic mass is 9.75. The summed E-state index contributed by atoms with van der Waals surface area (Å²) in [6.07, 6.45) is -3.51. The first-order valence-electron chi connectivity index (χ1n) is 10.6. The summed E-state index contributed by atoms with van der Waals surface area (Å²) in [7, 11) is 3.92. The molecule has 7 nitrogen and oxygen atoms in total. The molecule has 1 saturated carbocycles. The summed E-state index contributed by atoms with van der Waals surface area (Å²) < 4.78 is 56.2. The number of carbonyl (C=O) groups excluding carboxylic acids is 2. The predicted octanol–water partition coefficient (Wildman–Crippen LogP) is 0.0484. The van der Waals surface area contributed by atoms with Crippen molar-refractivity contribution in [2.45, 2.75) is 31.0 Å². The minimum absolute atomic E-state index is 0.0280. The van der Waals surface area contributed by atoms with E-state index in [9.17, 15) is 32.4 Å². The van der Waals surface area contributed by atoms with Crippen molar-refractivity contribution in [3.05, 3.63) is 40.8 Å². The maximum absolute atomic E-state index is 14.8. The third kappa shape index (κ3) is 3.56. The lowest BCUT2D eigenvalue weighted by Crippen LogP contribution is -2.55. The Hall–Kier alpha value is -3.46. The molecule has 0 atom stereocenters. The molecule has 2 aliphatic rings. The molecule has 1 aromatic heterocycles. The molecule has 2 fully saturated rings. The van der Waals surface area contributed by atoms with Gasteiger partial charge >= 0.3 is 6.18 Å². The SMILES string of the molecule is Bc1nc(C#N)c(C(F)(F)F)c(B)c1N1C(=O)C2(CCC2)N(c2ccc(C(=O)NC)c(F)c2)C1=S. The van der Waals surface area contributed by atoms with Gasteiger partial charge in [-0.3, -0.25) is 19.5 Å². The number of nitriles is 1. The van der Waals surface area contributed by atoms with Gasteiger partial charge in [0.15, 0.2) is 18.7 Å². The second-order valence-corrected chi connectivity index (χ2v) is 8.76. The van der Waals surface area contributed by atoms with Gasteiger partial charge in [0.2, 0.25) is 0 Å². The second kappa shape index (κ2) is 8.34. The number of amides is 2. The highest BCUT2D eigenvalue weighted by atomic mass is 32.1. The molecule has 178 valence electrons. The van der Waals surface area contributed by atoms with E-state index in [1.54, 1.807) is 0 Å². The minimum atomic E-state index is -4.89. The molecular formula is C21H17B2F4N5O2S. The van der Waals surface area contributed by atoms with Crippen LogP contribution < -0.4 is 26.2 Å². The van der Waals surface area contributed by atoms with Gasteiger partial charge < -0.3 is 10.2 Å². The van der Waals surface area contributed by atoms with Crippen LogP contribution in [0.1, 0.15) is 40.9 Å². The fourth-order valence-corrected chi connectivity index (χ4v) is 5.20. The van der Waals surface area contributed by atoms with Crippen LogP contribution in [-0.4, -0.2) is 50.2 Å². The van der Waals surface area contributed by atoms with Crippen molar-refractivity contribution in [2.75, 3.05) is 16.8 Å². The van der Waals surface area contributed by atoms with Crippen LogP contribution in [0.5, 0.6) is 0 Å². The summed E-state index contributed by atoms with van der Waals surface area (Å²) in [6.45, 7) is 0. The molecule has 2 amide bonds. The largest absolute Gasteiger partial charge is 0.418 e. The number of alkyl halides is 3. The Morgan fingerprint density at radius 2 is 1.97 bits per heavy atom. The minimum Gasteiger partial charge on any atom is -0.355 e. The number of benzene rings is 1. The van der Waals surface area contributed by atoms with E-state index in [0.717, 1.165) is 18.8 Å². The summed E-state index contributed by atoms with van der Waals surface area (Å²) in [6, 6.07) is 5.24. The Balaban J connectivity index is 1.89. The number of nitrogens with one attached hydrogen (secondary N) is 1. The van der Waals surface area contributed by atoms with E-state index < -0.39 is 40.6 Å². The third-order valence-corrected chi connectivity index (χ3v) is 6.84. The number of thiocarbonyl (C=S) groups is 1. The first-order valence-corrected chi connectivity index (χ1v) is 11.0. The zero-order chi connectivity index (χ0) is 25.9. The fraction of sp³-hybridized carbons (Fsp3) is 0.286. The van der Waals surface area contributed by atoms with Crippen molar-refractivity contribution >= 4 is 67.3 Å². The molecule has 1 aliphatic heterocycles. The number of halogens is 4. The van der Waals surface area contributed by atoms with Crippen molar-refractivity contribution in [3.8, 4) is 6.07 Å². The first kappa shape index (κ1) is 24.7. The third-order valence-electron chi connectivity index (χ3n) is 6.48. The topological polar surface area (TPSA) is 89.3 Å². The maximum Gasteiger partial charge on any atom is 0.418 e. The number of hydrogen-bond donors (Lipinski definition) is 1. The number of pyridine rings is 1. The maximum atomic E-state index is 14.8. The van der Waals surface area contributed by atoms with Gasteiger partial charge in [-0.05, 0) is 55.1 Å². The van der Waals surface area contributed by atoms with Crippen LogP contribution in [0.3, 0.4) is 0 Å². The molecule has 14 heteroatoms. The highest BCUT2D eigenvalue weighted by molar-refractivity contribution is 7.81. The van der Waals surface area contributed by atoms with Gasteiger partial charge in [-0.15, -0.1) is 0 Å². The van der Waals surface area contributed by atoms with E-state index in [0.29, 0.717) is 19.3 Å². The van der Waals surface area contributed by atoms with Crippen molar-refractivity contribution in [1.29, 1.82) is 5.26 Å². The smallest absolute Gasteiger partial charge is 0.355 e. The molecule has 1 aliphatic carbocycles. The zero-order valence-corrected chi connectivity index (χ0v) is 19.7. The molecular weight excluding hydrogens is 484 g/mol. The van der Waals surface area contributed by atoms with E-state index in [2.05, 4.69) is 10.3 Å². The molecule has 35 heavy (non-hydrogen) atoms. The molecule has 1 spiro atoms. The van der Waals surface area contributed by atoms with Crippen molar-refractivity contribution in [1.82, 2.24) is 10.3 Å². The van der Waals surface area contributed by atoms with Crippen LogP contribution in [0.15, 0.2) is 18.2 Å². The number of carbonyl (C=O) groups is 2. The lowest BCUT2D eigenvalue weighted by Gasteiger charge is -2.43. The van der Waals surface area contributed by atoms with Gasteiger partial charge in [0, 0.05) is 18.3 Å². The molecule has 1 saturated heterocycles. The van der Waals surface area contributed by atoms with Crippen molar-refractivity contribution < 1.29 is 27.2 Å². The van der Waals surface area contributed by atoms with Crippen LogP contribution in [0, 0.1) is 17.1 Å². The van der Waals surface area contributed by atoms with E-state index >= 15 is 0 Å². The van der Waals surface area contributed by atoms with E-state index in [-0.39, 0.29) is 33.1 Å². The number of nitrogens with zero attached hydrogens (tertiary/aromatic N) is 4. The quantitative estimate of drug-likeness (QED) is 0.364. The van der Waals surface area contributed by atoms with Gasteiger partial charge in [-0.2, -0.15) is 18.4 Å². The molecule has 0 bridgehead atoms. The van der Waals surface area contributed by atoms with Gasteiger partial charge in [-0.25, -0.2) is 4.39 Å². The molecule has 1 N–H and O–H groups in total. The normalized spacial score (nSPS) is 16.9. The highest BCUT2D eigenvalue weighted by Gasteiger charge is 2.60. The average molecular weight is 501 g/mol. The molecule has 2 aromatic rings. The van der Waals surface area contributed by atoms with Crippen LogP contribution in [0.4, 0.5) is 28.9 Å². The number of aromatic nitrogens is 1. The summed E-state index contributed by atoms with van der Waals surface area (Å²) in [5.74, 6) is -2.02. The summed E-state index contributed by atoms with van der Waals surface area (Å²) in [5.41, 5.74) is -3.70. The monoisotopic (exact) mass is 501 g/mol. The van der Waals surface area contributed by atoms with E-state index in [4.69, 9.17) is 12.2 Å².